The van der Waals surface area contributed by atoms with Gasteiger partial charge >= 0.3 is 11.9 Å². The number of aliphatic hydroxyl groups is 1. The van der Waals surface area contributed by atoms with E-state index in [9.17, 15) is 14.7 Å². The Labute approximate surface area is 99.8 Å². The van der Waals surface area contributed by atoms with Gasteiger partial charge in [0.2, 0.25) is 0 Å². The summed E-state index contributed by atoms with van der Waals surface area (Å²) >= 11 is 11.2. The monoisotopic (exact) mass is 264 g/mol. The van der Waals surface area contributed by atoms with E-state index >= 15 is 0 Å². The van der Waals surface area contributed by atoms with Crippen LogP contribution in [0.2, 0.25) is 10.0 Å². The van der Waals surface area contributed by atoms with Crippen molar-refractivity contribution >= 4 is 35.1 Å². The van der Waals surface area contributed by atoms with Crippen molar-refractivity contribution in [3.05, 3.63) is 33.8 Å². The Morgan fingerprint density at radius 2 is 1.62 bits per heavy atom. The van der Waals surface area contributed by atoms with Gasteiger partial charge in [-0.2, -0.15) is 0 Å². The highest BCUT2D eigenvalue weighted by molar-refractivity contribution is 6.34. The first-order valence-electron chi connectivity index (χ1n) is 3.95. The molecule has 0 bridgehead atoms. The van der Waals surface area contributed by atoms with Gasteiger partial charge in [-0.05, 0) is 18.2 Å². The SMILES string of the molecule is O=C(O)C(O)(C(=O)O)c1cc(Cl)ccc1Cl. The molecule has 0 fully saturated rings. The Hall–Kier alpha value is -1.30. The molecule has 0 saturated heterocycles. The summed E-state index contributed by atoms with van der Waals surface area (Å²) in [5, 5.41) is 27.0. The topological polar surface area (TPSA) is 94.8 Å². The Morgan fingerprint density at radius 1 is 1.12 bits per heavy atom. The van der Waals surface area contributed by atoms with Gasteiger partial charge in [0.15, 0.2) is 0 Å². The van der Waals surface area contributed by atoms with Gasteiger partial charge in [-0.25, -0.2) is 9.59 Å². The lowest BCUT2D eigenvalue weighted by molar-refractivity contribution is -0.177. The Kier molecular flexibility index (Phi) is 3.42. The number of rotatable bonds is 3. The number of aliphatic carboxylic acids is 2. The number of hydrogen-bond acceptors (Lipinski definition) is 3. The van der Waals surface area contributed by atoms with E-state index in [1.54, 1.807) is 0 Å². The van der Waals surface area contributed by atoms with Crippen LogP contribution in [0.15, 0.2) is 18.2 Å². The third-order valence-electron chi connectivity index (χ3n) is 1.94. The standard InChI is InChI=1S/C9H6Cl2O5/c10-4-1-2-6(11)5(3-4)9(16,7(12)13)8(14)15/h1-3,16H,(H,12,13)(H,14,15). The minimum absolute atomic E-state index is 0.0697. The van der Waals surface area contributed by atoms with Gasteiger partial charge < -0.3 is 15.3 Å². The lowest BCUT2D eigenvalue weighted by Gasteiger charge is -2.20. The Morgan fingerprint density at radius 3 is 2.06 bits per heavy atom. The Balaban J connectivity index is 3.49. The van der Waals surface area contributed by atoms with Crippen LogP contribution in [-0.4, -0.2) is 27.3 Å². The molecule has 0 radical (unpaired) electrons. The molecule has 16 heavy (non-hydrogen) atoms. The third-order valence-corrected chi connectivity index (χ3v) is 2.50. The molecule has 0 spiro atoms. The van der Waals surface area contributed by atoms with Crippen LogP contribution in [-0.2, 0) is 15.2 Å². The summed E-state index contributed by atoms with van der Waals surface area (Å²) in [5.74, 6) is -3.88. The molecule has 0 unspecified atom stereocenters. The largest absolute Gasteiger partial charge is 0.478 e. The van der Waals surface area contributed by atoms with Crippen molar-refractivity contribution in [3.8, 4) is 0 Å². The van der Waals surface area contributed by atoms with E-state index in [1.807, 2.05) is 0 Å². The van der Waals surface area contributed by atoms with Crippen LogP contribution in [0.4, 0.5) is 0 Å². The molecule has 1 rings (SSSR count). The lowest BCUT2D eigenvalue weighted by Crippen LogP contribution is -2.43. The van der Waals surface area contributed by atoms with E-state index < -0.39 is 23.1 Å². The zero-order valence-corrected chi connectivity index (χ0v) is 9.16. The van der Waals surface area contributed by atoms with Gasteiger partial charge in [0.1, 0.15) is 0 Å². The molecule has 0 saturated carbocycles. The van der Waals surface area contributed by atoms with Gasteiger partial charge in [0.25, 0.3) is 5.60 Å². The van der Waals surface area contributed by atoms with Gasteiger partial charge in [-0.1, -0.05) is 23.2 Å². The minimum atomic E-state index is -3.11. The van der Waals surface area contributed by atoms with Crippen LogP contribution >= 0.6 is 23.2 Å². The van der Waals surface area contributed by atoms with Crippen molar-refractivity contribution in [3.63, 3.8) is 0 Å². The number of hydrogen-bond donors (Lipinski definition) is 3. The molecule has 5 nitrogen and oxygen atoms in total. The molecule has 0 heterocycles. The van der Waals surface area contributed by atoms with Crippen LogP contribution in [0.5, 0.6) is 0 Å². The van der Waals surface area contributed by atoms with E-state index in [2.05, 4.69) is 0 Å². The second kappa shape index (κ2) is 4.29. The summed E-state index contributed by atoms with van der Waals surface area (Å²) in [6, 6.07) is 3.54. The maximum absolute atomic E-state index is 10.8. The molecule has 1 aromatic rings. The van der Waals surface area contributed by atoms with Gasteiger partial charge in [0, 0.05) is 15.6 Å². The first kappa shape index (κ1) is 12.8. The zero-order chi connectivity index (χ0) is 12.5. The molecule has 0 atom stereocenters. The van der Waals surface area contributed by atoms with Gasteiger partial charge in [0.05, 0.1) is 0 Å². The second-order valence-electron chi connectivity index (χ2n) is 2.94. The van der Waals surface area contributed by atoms with Crippen molar-refractivity contribution in [2.45, 2.75) is 5.60 Å². The summed E-state index contributed by atoms with van der Waals surface area (Å²) in [6.07, 6.45) is 0. The molecule has 0 aliphatic rings. The number of halogens is 2. The number of benzene rings is 1. The molecule has 0 aromatic heterocycles. The van der Waals surface area contributed by atoms with Crippen molar-refractivity contribution in [1.82, 2.24) is 0 Å². The average molecular weight is 265 g/mol. The van der Waals surface area contributed by atoms with Crippen molar-refractivity contribution in [1.29, 1.82) is 0 Å². The maximum atomic E-state index is 10.8. The summed E-state index contributed by atoms with van der Waals surface area (Å²) in [4.78, 5) is 21.6. The summed E-state index contributed by atoms with van der Waals surface area (Å²) < 4.78 is 0. The van der Waals surface area contributed by atoms with E-state index in [4.69, 9.17) is 33.4 Å². The fourth-order valence-corrected chi connectivity index (χ4v) is 1.52. The molecular weight excluding hydrogens is 259 g/mol. The number of carbonyl (C=O) groups is 2. The van der Waals surface area contributed by atoms with Crippen LogP contribution in [0, 0.1) is 0 Å². The molecule has 7 heteroatoms. The van der Waals surface area contributed by atoms with E-state index in [1.165, 1.54) is 12.1 Å². The zero-order valence-electron chi connectivity index (χ0n) is 7.65. The van der Waals surface area contributed by atoms with Gasteiger partial charge in [-0.3, -0.25) is 0 Å². The van der Waals surface area contributed by atoms with E-state index in [0.29, 0.717) is 0 Å². The quantitative estimate of drug-likeness (QED) is 0.717. The third kappa shape index (κ3) is 1.97. The van der Waals surface area contributed by atoms with Crippen LogP contribution < -0.4 is 0 Å². The smallest absolute Gasteiger partial charge is 0.352 e. The normalized spacial score (nSPS) is 11.2. The van der Waals surface area contributed by atoms with Crippen LogP contribution in [0.3, 0.4) is 0 Å². The molecular formula is C9H6Cl2O5. The highest BCUT2D eigenvalue weighted by Crippen LogP contribution is 2.31. The molecule has 1 aromatic carbocycles. The minimum Gasteiger partial charge on any atom is -0.478 e. The highest BCUT2D eigenvalue weighted by Gasteiger charge is 2.48. The fourth-order valence-electron chi connectivity index (χ4n) is 1.10. The molecule has 0 amide bonds. The Bertz CT molecular complexity index is 443. The summed E-state index contributed by atoms with van der Waals surface area (Å²) in [7, 11) is 0. The summed E-state index contributed by atoms with van der Waals surface area (Å²) in [5.41, 5.74) is -3.59. The average Bonchev–Trinajstić information content (AvgIpc) is 2.19. The van der Waals surface area contributed by atoms with Crippen LogP contribution in [0.1, 0.15) is 5.56 Å². The van der Waals surface area contributed by atoms with E-state index in [-0.39, 0.29) is 10.0 Å². The van der Waals surface area contributed by atoms with E-state index in [0.717, 1.165) is 6.07 Å². The molecule has 0 aliphatic carbocycles. The second-order valence-corrected chi connectivity index (χ2v) is 3.79. The van der Waals surface area contributed by atoms with Crippen molar-refractivity contribution in [2.75, 3.05) is 0 Å². The number of carboxylic acid groups (broad SMARTS) is 2. The molecule has 0 aliphatic heterocycles. The first-order valence-corrected chi connectivity index (χ1v) is 4.70. The molecule has 86 valence electrons. The fraction of sp³-hybridized carbons (Fsp3) is 0.111. The predicted molar refractivity (Wildman–Crippen MR) is 55.6 cm³/mol. The van der Waals surface area contributed by atoms with Gasteiger partial charge in [-0.15, -0.1) is 0 Å². The maximum Gasteiger partial charge on any atom is 0.352 e. The van der Waals surface area contributed by atoms with Crippen molar-refractivity contribution in [2.24, 2.45) is 0 Å². The molecule has 3 N–H and O–H groups in total. The first-order chi connectivity index (χ1) is 7.30. The predicted octanol–water partition coefficient (Wildman–Crippen LogP) is 1.35. The highest BCUT2D eigenvalue weighted by atomic mass is 35.5. The lowest BCUT2D eigenvalue weighted by atomic mass is 9.94. The van der Waals surface area contributed by atoms with Crippen molar-refractivity contribution < 1.29 is 24.9 Å². The van der Waals surface area contributed by atoms with Crippen LogP contribution in [0.25, 0.3) is 0 Å². The number of carboxylic acids is 2. The summed E-state index contributed by atoms with van der Waals surface area (Å²) in [6.45, 7) is 0.